The molecule has 3 N–H and O–H groups in total. The second-order valence-corrected chi connectivity index (χ2v) is 6.89. The number of amides is 1. The highest BCUT2D eigenvalue weighted by Gasteiger charge is 2.10. The van der Waals surface area contributed by atoms with Gasteiger partial charge in [0.15, 0.2) is 0 Å². The van der Waals surface area contributed by atoms with E-state index >= 15 is 0 Å². The van der Waals surface area contributed by atoms with Crippen molar-refractivity contribution >= 4 is 21.6 Å². The lowest BCUT2D eigenvalue weighted by molar-refractivity contribution is 0.102. The van der Waals surface area contributed by atoms with Crippen LogP contribution in [0.1, 0.15) is 27.0 Å². The van der Waals surface area contributed by atoms with Gasteiger partial charge in [0.1, 0.15) is 0 Å². The van der Waals surface area contributed by atoms with Gasteiger partial charge in [-0.2, -0.15) is 0 Å². The standard InChI is InChI=1S/C16H18N2O3S/c1-11-3-8-15(12(2)9-11)16(19)18-14-6-4-13(5-7-14)10-22(17,20)21/h3-9H,10H2,1-2H3,(H,18,19)(H2,17,20,21). The van der Waals surface area contributed by atoms with E-state index < -0.39 is 10.0 Å². The minimum Gasteiger partial charge on any atom is -0.322 e. The van der Waals surface area contributed by atoms with Gasteiger partial charge >= 0.3 is 0 Å². The fourth-order valence-corrected chi connectivity index (χ4v) is 2.84. The van der Waals surface area contributed by atoms with E-state index in [4.69, 9.17) is 5.14 Å². The fourth-order valence-electron chi connectivity index (χ4n) is 2.18. The van der Waals surface area contributed by atoms with E-state index in [0.717, 1.165) is 11.1 Å². The predicted octanol–water partition coefficient (Wildman–Crippen LogP) is 2.34. The van der Waals surface area contributed by atoms with Gasteiger partial charge in [0.25, 0.3) is 5.91 Å². The Morgan fingerprint density at radius 2 is 1.73 bits per heavy atom. The summed E-state index contributed by atoms with van der Waals surface area (Å²) in [5.41, 5.74) is 3.79. The average molecular weight is 318 g/mol. The van der Waals surface area contributed by atoms with E-state index in [-0.39, 0.29) is 11.7 Å². The number of sulfonamides is 1. The van der Waals surface area contributed by atoms with E-state index in [1.54, 1.807) is 30.3 Å². The number of anilines is 1. The first-order chi connectivity index (χ1) is 10.2. The van der Waals surface area contributed by atoms with Gasteiger partial charge in [-0.3, -0.25) is 4.79 Å². The van der Waals surface area contributed by atoms with Crippen molar-refractivity contribution in [1.82, 2.24) is 0 Å². The molecule has 0 spiro atoms. The molecule has 0 aliphatic rings. The maximum absolute atomic E-state index is 12.2. The minimum absolute atomic E-state index is 0.198. The maximum Gasteiger partial charge on any atom is 0.255 e. The van der Waals surface area contributed by atoms with Crippen LogP contribution in [0.5, 0.6) is 0 Å². The molecule has 0 fully saturated rings. The zero-order valence-corrected chi connectivity index (χ0v) is 13.3. The van der Waals surface area contributed by atoms with Crippen molar-refractivity contribution in [3.8, 4) is 0 Å². The number of aryl methyl sites for hydroxylation is 2. The lowest BCUT2D eigenvalue weighted by atomic mass is 10.1. The summed E-state index contributed by atoms with van der Waals surface area (Å²) in [7, 11) is -3.55. The highest BCUT2D eigenvalue weighted by Crippen LogP contribution is 2.15. The second-order valence-electron chi connectivity index (χ2n) is 5.28. The number of nitrogens with one attached hydrogen (secondary N) is 1. The normalized spacial score (nSPS) is 11.2. The summed E-state index contributed by atoms with van der Waals surface area (Å²) in [6.45, 7) is 3.86. The zero-order valence-electron chi connectivity index (χ0n) is 12.5. The van der Waals surface area contributed by atoms with Gasteiger partial charge in [-0.1, -0.05) is 29.8 Å². The third kappa shape index (κ3) is 4.41. The second kappa shape index (κ2) is 6.29. The van der Waals surface area contributed by atoms with Gasteiger partial charge in [-0.25, -0.2) is 13.6 Å². The molecule has 0 radical (unpaired) electrons. The number of carbonyl (C=O) groups excluding carboxylic acids is 1. The Morgan fingerprint density at radius 1 is 1.09 bits per heavy atom. The lowest BCUT2D eigenvalue weighted by Gasteiger charge is -2.09. The molecule has 0 aliphatic carbocycles. The molecule has 0 saturated heterocycles. The van der Waals surface area contributed by atoms with Crippen LogP contribution in [0.2, 0.25) is 0 Å². The maximum atomic E-state index is 12.2. The van der Waals surface area contributed by atoms with Crippen LogP contribution in [0.25, 0.3) is 0 Å². The SMILES string of the molecule is Cc1ccc(C(=O)Nc2ccc(CS(N)(=O)=O)cc2)c(C)c1. The highest BCUT2D eigenvalue weighted by molar-refractivity contribution is 7.88. The Kier molecular flexibility index (Phi) is 4.63. The van der Waals surface area contributed by atoms with Crippen molar-refractivity contribution < 1.29 is 13.2 Å². The number of hydrogen-bond donors (Lipinski definition) is 2. The van der Waals surface area contributed by atoms with Crippen LogP contribution in [0, 0.1) is 13.8 Å². The van der Waals surface area contributed by atoms with Gasteiger partial charge in [-0.15, -0.1) is 0 Å². The van der Waals surface area contributed by atoms with Crippen LogP contribution in [-0.4, -0.2) is 14.3 Å². The summed E-state index contributed by atoms with van der Waals surface area (Å²) in [4.78, 5) is 12.2. The number of hydrogen-bond acceptors (Lipinski definition) is 3. The molecule has 0 atom stereocenters. The molecule has 2 aromatic rings. The molecule has 2 aromatic carbocycles. The number of carbonyl (C=O) groups is 1. The van der Waals surface area contributed by atoms with Gasteiger partial charge in [0.2, 0.25) is 10.0 Å². The number of nitrogens with two attached hydrogens (primary N) is 1. The lowest BCUT2D eigenvalue weighted by Crippen LogP contribution is -2.15. The quantitative estimate of drug-likeness (QED) is 0.906. The van der Waals surface area contributed by atoms with Gasteiger partial charge < -0.3 is 5.32 Å². The predicted molar refractivity (Wildman–Crippen MR) is 87.1 cm³/mol. The van der Waals surface area contributed by atoms with Crippen molar-refractivity contribution in [2.75, 3.05) is 5.32 Å². The Balaban J connectivity index is 2.12. The first kappa shape index (κ1) is 16.2. The Morgan fingerprint density at radius 3 is 2.27 bits per heavy atom. The molecule has 0 aliphatic heterocycles. The van der Waals surface area contributed by atoms with E-state index in [1.807, 2.05) is 26.0 Å². The van der Waals surface area contributed by atoms with Crippen molar-refractivity contribution in [2.45, 2.75) is 19.6 Å². The summed E-state index contributed by atoms with van der Waals surface area (Å²) >= 11 is 0. The number of rotatable bonds is 4. The Bertz CT molecular complexity index is 797. The minimum atomic E-state index is -3.55. The van der Waals surface area contributed by atoms with Gasteiger partial charge in [0, 0.05) is 11.3 Å². The van der Waals surface area contributed by atoms with Crippen LogP contribution < -0.4 is 10.5 Å². The van der Waals surface area contributed by atoms with Gasteiger partial charge in [-0.05, 0) is 43.2 Å². The average Bonchev–Trinajstić information content (AvgIpc) is 2.39. The fraction of sp³-hybridized carbons (Fsp3) is 0.188. The van der Waals surface area contributed by atoms with Crippen molar-refractivity contribution in [3.05, 3.63) is 64.7 Å². The van der Waals surface area contributed by atoms with Crippen LogP contribution in [0.3, 0.4) is 0 Å². The molecule has 116 valence electrons. The highest BCUT2D eigenvalue weighted by atomic mass is 32.2. The summed E-state index contributed by atoms with van der Waals surface area (Å²) < 4.78 is 22.0. The summed E-state index contributed by atoms with van der Waals surface area (Å²) in [6, 6.07) is 12.2. The Hall–Kier alpha value is -2.18. The van der Waals surface area contributed by atoms with Crippen molar-refractivity contribution in [2.24, 2.45) is 5.14 Å². The molecular formula is C16H18N2O3S. The molecule has 0 aromatic heterocycles. The molecule has 0 unspecified atom stereocenters. The molecule has 0 bridgehead atoms. The van der Waals surface area contributed by atoms with Crippen LogP contribution >= 0.6 is 0 Å². The monoisotopic (exact) mass is 318 g/mol. The topological polar surface area (TPSA) is 89.3 Å². The summed E-state index contributed by atoms with van der Waals surface area (Å²) in [6.07, 6.45) is 0. The first-order valence-corrected chi connectivity index (χ1v) is 8.44. The molecule has 1 amide bonds. The Labute approximate surface area is 130 Å². The first-order valence-electron chi connectivity index (χ1n) is 6.72. The summed E-state index contributed by atoms with van der Waals surface area (Å²) in [5.74, 6) is -0.421. The van der Waals surface area contributed by atoms with Crippen LogP contribution in [-0.2, 0) is 15.8 Å². The summed E-state index contributed by atoms with van der Waals surface area (Å²) in [5, 5.41) is 7.78. The third-order valence-corrected chi connectivity index (χ3v) is 3.94. The third-order valence-electron chi connectivity index (χ3n) is 3.21. The molecule has 6 heteroatoms. The molecule has 22 heavy (non-hydrogen) atoms. The molecule has 5 nitrogen and oxygen atoms in total. The smallest absolute Gasteiger partial charge is 0.255 e. The van der Waals surface area contributed by atoms with E-state index in [0.29, 0.717) is 16.8 Å². The molecular weight excluding hydrogens is 300 g/mol. The van der Waals surface area contributed by atoms with Crippen molar-refractivity contribution in [3.63, 3.8) is 0 Å². The van der Waals surface area contributed by atoms with Crippen LogP contribution in [0.15, 0.2) is 42.5 Å². The number of benzene rings is 2. The van der Waals surface area contributed by atoms with E-state index in [1.165, 1.54) is 0 Å². The van der Waals surface area contributed by atoms with Crippen molar-refractivity contribution in [1.29, 1.82) is 0 Å². The van der Waals surface area contributed by atoms with Gasteiger partial charge in [0.05, 0.1) is 5.75 Å². The van der Waals surface area contributed by atoms with E-state index in [2.05, 4.69) is 5.32 Å². The molecule has 0 heterocycles. The molecule has 2 rings (SSSR count). The largest absolute Gasteiger partial charge is 0.322 e. The van der Waals surface area contributed by atoms with Crippen LogP contribution in [0.4, 0.5) is 5.69 Å². The van der Waals surface area contributed by atoms with E-state index in [9.17, 15) is 13.2 Å². The molecule has 0 saturated carbocycles. The number of primary sulfonamides is 1. The zero-order chi connectivity index (χ0) is 16.3.